The smallest absolute Gasteiger partial charge is 0.319 e. The number of carbonyl (C=O) groups excluding carboxylic acids is 4. The van der Waals surface area contributed by atoms with Crippen LogP contribution in [0.15, 0.2) is 12.1 Å². The molecule has 0 aliphatic carbocycles. The Bertz CT molecular complexity index is 835. The van der Waals surface area contributed by atoms with E-state index in [-0.39, 0.29) is 17.9 Å². The fourth-order valence-corrected chi connectivity index (χ4v) is 2.59. The first-order valence-electron chi connectivity index (χ1n) is 8.40. The Morgan fingerprint density at radius 3 is 2.30 bits per heavy atom. The highest BCUT2D eigenvalue weighted by molar-refractivity contribution is 6.45. The number of nitro benzene ring substituents is 1. The molecule has 1 N–H and O–H groups in total. The van der Waals surface area contributed by atoms with Crippen LogP contribution in [0.1, 0.15) is 30.9 Å². The molecule has 27 heavy (non-hydrogen) atoms. The maximum Gasteiger partial charge on any atom is 0.334 e. The largest absolute Gasteiger partial charge is 0.334 e. The first-order valence-corrected chi connectivity index (χ1v) is 8.40. The second-order valence-corrected chi connectivity index (χ2v) is 6.24. The van der Waals surface area contributed by atoms with Crippen LogP contribution >= 0.6 is 0 Å². The number of carbonyl (C=O) groups is 4. The number of anilines is 1. The lowest BCUT2D eigenvalue weighted by atomic mass is 10.1. The van der Waals surface area contributed by atoms with E-state index >= 15 is 0 Å². The molecule has 1 saturated heterocycles. The van der Waals surface area contributed by atoms with Crippen molar-refractivity contribution < 1.29 is 24.1 Å². The van der Waals surface area contributed by atoms with Crippen LogP contribution in [0.4, 0.5) is 16.2 Å². The van der Waals surface area contributed by atoms with Gasteiger partial charge in [-0.2, -0.15) is 0 Å². The van der Waals surface area contributed by atoms with Crippen molar-refractivity contribution in [1.82, 2.24) is 9.80 Å². The average Bonchev–Trinajstić information content (AvgIpc) is 2.79. The summed E-state index contributed by atoms with van der Waals surface area (Å²) >= 11 is 0. The normalized spacial score (nSPS) is 14.1. The van der Waals surface area contributed by atoms with Gasteiger partial charge in [0, 0.05) is 12.6 Å². The van der Waals surface area contributed by atoms with E-state index in [0.29, 0.717) is 16.9 Å². The molecule has 0 atom stereocenters. The van der Waals surface area contributed by atoms with Crippen LogP contribution in [0.25, 0.3) is 0 Å². The van der Waals surface area contributed by atoms with Crippen molar-refractivity contribution in [2.45, 2.75) is 33.6 Å². The van der Waals surface area contributed by atoms with Crippen molar-refractivity contribution >= 4 is 35.1 Å². The minimum atomic E-state index is -1.08. The number of unbranched alkanes of at least 4 members (excludes halogenated alkanes) is 1. The van der Waals surface area contributed by atoms with Crippen molar-refractivity contribution in [1.29, 1.82) is 0 Å². The summed E-state index contributed by atoms with van der Waals surface area (Å²) in [5.74, 6) is -2.87. The van der Waals surface area contributed by atoms with Gasteiger partial charge in [-0.25, -0.2) is 9.69 Å². The van der Waals surface area contributed by atoms with E-state index in [9.17, 15) is 29.3 Å². The fraction of sp³-hybridized carbons (Fsp3) is 0.412. The highest BCUT2D eigenvalue weighted by Gasteiger charge is 2.44. The third-order valence-electron chi connectivity index (χ3n) is 4.25. The van der Waals surface area contributed by atoms with Gasteiger partial charge in [0.15, 0.2) is 0 Å². The number of imide groups is 2. The molecule has 1 aromatic rings. The van der Waals surface area contributed by atoms with Crippen molar-refractivity contribution in [2.24, 2.45) is 0 Å². The summed E-state index contributed by atoms with van der Waals surface area (Å²) in [5, 5.41) is 13.5. The monoisotopic (exact) mass is 376 g/mol. The van der Waals surface area contributed by atoms with Crippen LogP contribution in [-0.4, -0.2) is 51.6 Å². The van der Waals surface area contributed by atoms with E-state index in [1.165, 1.54) is 12.1 Å². The summed E-state index contributed by atoms with van der Waals surface area (Å²) in [6, 6.07) is 1.91. The van der Waals surface area contributed by atoms with E-state index in [0.717, 1.165) is 16.9 Å². The summed E-state index contributed by atoms with van der Waals surface area (Å²) in [6.07, 6.45) is 1.27. The number of rotatable bonds is 7. The van der Waals surface area contributed by atoms with Gasteiger partial charge in [-0.1, -0.05) is 13.3 Å². The number of aryl methyl sites for hydroxylation is 2. The molecule has 1 fully saturated rings. The molecule has 5 amide bonds. The van der Waals surface area contributed by atoms with Crippen molar-refractivity contribution in [3.8, 4) is 0 Å². The molecule has 0 unspecified atom stereocenters. The molecule has 1 heterocycles. The second kappa shape index (κ2) is 7.94. The zero-order valence-corrected chi connectivity index (χ0v) is 15.3. The SMILES string of the molecule is CCCCN1C(=O)C(=O)N(CC(=O)Nc2cc(C)c(C)cc2[N+](=O)[O-])C1=O. The van der Waals surface area contributed by atoms with Gasteiger partial charge in [0.25, 0.3) is 5.69 Å². The molecule has 144 valence electrons. The van der Waals surface area contributed by atoms with Crippen LogP contribution in [0, 0.1) is 24.0 Å². The summed E-state index contributed by atoms with van der Waals surface area (Å²) in [4.78, 5) is 60.2. The predicted molar refractivity (Wildman–Crippen MR) is 94.9 cm³/mol. The van der Waals surface area contributed by atoms with E-state index in [4.69, 9.17) is 0 Å². The standard InChI is InChI=1S/C17H20N4O6/c1-4-5-6-19-15(23)16(24)20(17(19)25)9-14(22)18-12-7-10(2)11(3)8-13(12)21(26)27/h7-8H,4-6,9H2,1-3H3,(H,18,22). The van der Waals surface area contributed by atoms with E-state index < -0.39 is 35.2 Å². The first-order chi connectivity index (χ1) is 12.7. The third-order valence-corrected chi connectivity index (χ3v) is 4.25. The van der Waals surface area contributed by atoms with Gasteiger partial charge in [-0.05, 0) is 37.5 Å². The average molecular weight is 376 g/mol. The van der Waals surface area contributed by atoms with Gasteiger partial charge < -0.3 is 5.32 Å². The first kappa shape index (κ1) is 20.0. The lowest BCUT2D eigenvalue weighted by Gasteiger charge is -2.15. The van der Waals surface area contributed by atoms with E-state index in [2.05, 4.69) is 5.32 Å². The van der Waals surface area contributed by atoms with Gasteiger partial charge in [0.05, 0.1) is 4.92 Å². The Hall–Kier alpha value is -3.30. The van der Waals surface area contributed by atoms with Crippen LogP contribution in [-0.2, 0) is 14.4 Å². The highest BCUT2D eigenvalue weighted by atomic mass is 16.6. The third kappa shape index (κ3) is 4.10. The minimum absolute atomic E-state index is 0.0404. The number of hydrogen-bond donors (Lipinski definition) is 1. The van der Waals surface area contributed by atoms with E-state index in [1.807, 2.05) is 6.92 Å². The molecular weight excluding hydrogens is 356 g/mol. The van der Waals surface area contributed by atoms with Crippen LogP contribution in [0.3, 0.4) is 0 Å². The zero-order chi connectivity index (χ0) is 20.3. The quantitative estimate of drug-likeness (QED) is 0.334. The van der Waals surface area contributed by atoms with Gasteiger partial charge in [0.2, 0.25) is 5.91 Å². The number of benzene rings is 1. The molecule has 1 aliphatic heterocycles. The summed E-state index contributed by atoms with van der Waals surface area (Å²) in [6.45, 7) is 4.70. The zero-order valence-electron chi connectivity index (χ0n) is 15.3. The Balaban J connectivity index is 2.16. The molecule has 2 rings (SSSR count). The Morgan fingerprint density at radius 1 is 1.11 bits per heavy atom. The van der Waals surface area contributed by atoms with Gasteiger partial charge in [0.1, 0.15) is 12.2 Å². The molecule has 1 aromatic carbocycles. The van der Waals surface area contributed by atoms with Crippen LogP contribution in [0.5, 0.6) is 0 Å². The maximum atomic E-state index is 12.2. The molecule has 0 bridgehead atoms. The number of urea groups is 1. The molecule has 10 heteroatoms. The van der Waals surface area contributed by atoms with Crippen LogP contribution in [0.2, 0.25) is 0 Å². The summed E-state index contributed by atoms with van der Waals surface area (Å²) < 4.78 is 0. The Morgan fingerprint density at radius 2 is 1.70 bits per heavy atom. The van der Waals surface area contributed by atoms with Gasteiger partial charge >= 0.3 is 17.8 Å². The fourth-order valence-electron chi connectivity index (χ4n) is 2.59. The number of nitrogens with zero attached hydrogens (tertiary/aromatic N) is 3. The molecule has 1 aliphatic rings. The van der Waals surface area contributed by atoms with Gasteiger partial charge in [-0.15, -0.1) is 0 Å². The number of hydrogen-bond acceptors (Lipinski definition) is 6. The predicted octanol–water partition coefficient (Wildman–Crippen LogP) is 1.74. The van der Waals surface area contributed by atoms with Gasteiger partial charge in [-0.3, -0.25) is 29.4 Å². The summed E-state index contributed by atoms with van der Waals surface area (Å²) in [7, 11) is 0. The molecule has 0 saturated carbocycles. The highest BCUT2D eigenvalue weighted by Crippen LogP contribution is 2.28. The molecular formula is C17H20N4O6. The van der Waals surface area contributed by atoms with Crippen molar-refractivity contribution in [3.63, 3.8) is 0 Å². The minimum Gasteiger partial charge on any atom is -0.319 e. The molecule has 0 aromatic heterocycles. The lowest BCUT2D eigenvalue weighted by molar-refractivity contribution is -0.384. The summed E-state index contributed by atoms with van der Waals surface area (Å²) in [5.41, 5.74) is 1.07. The lowest BCUT2D eigenvalue weighted by Crippen LogP contribution is -2.39. The topological polar surface area (TPSA) is 130 Å². The van der Waals surface area contributed by atoms with Crippen molar-refractivity contribution in [3.05, 3.63) is 33.4 Å². The number of nitro groups is 1. The molecule has 0 spiro atoms. The number of amides is 5. The van der Waals surface area contributed by atoms with Crippen molar-refractivity contribution in [2.75, 3.05) is 18.4 Å². The number of nitrogens with one attached hydrogen (secondary N) is 1. The molecule has 10 nitrogen and oxygen atoms in total. The van der Waals surface area contributed by atoms with E-state index in [1.54, 1.807) is 13.8 Å². The second-order valence-electron chi connectivity index (χ2n) is 6.24. The maximum absolute atomic E-state index is 12.2. The Kier molecular flexibility index (Phi) is 5.88. The Labute approximate surface area is 155 Å². The molecule has 0 radical (unpaired) electrons. The van der Waals surface area contributed by atoms with Crippen LogP contribution < -0.4 is 5.32 Å².